The summed E-state index contributed by atoms with van der Waals surface area (Å²) in [4.78, 5) is 43.3. The number of carbonyl (C=O) groups excluding carboxylic acids is 2. The maximum absolute atomic E-state index is 13.5. The van der Waals surface area contributed by atoms with E-state index in [4.69, 9.17) is 4.74 Å². The number of thioether (sulfide) groups is 1. The molecule has 6 nitrogen and oxygen atoms in total. The molecule has 3 heterocycles. The number of anilines is 1. The Bertz CT molecular complexity index is 1220. The van der Waals surface area contributed by atoms with E-state index in [1.54, 1.807) is 13.2 Å². The van der Waals surface area contributed by atoms with Crippen molar-refractivity contribution in [3.8, 4) is 5.75 Å². The van der Waals surface area contributed by atoms with Crippen molar-refractivity contribution >= 4 is 40.6 Å². The van der Waals surface area contributed by atoms with Gasteiger partial charge in [-0.05, 0) is 30.3 Å². The predicted molar refractivity (Wildman–Crippen MR) is 112 cm³/mol. The highest BCUT2D eigenvalue weighted by molar-refractivity contribution is 8.00. The summed E-state index contributed by atoms with van der Waals surface area (Å²) in [6, 6.07) is 12.6. The second-order valence-electron chi connectivity index (χ2n) is 6.98. The van der Waals surface area contributed by atoms with Gasteiger partial charge in [0.2, 0.25) is 11.8 Å². The Kier molecular flexibility index (Phi) is 4.52. The van der Waals surface area contributed by atoms with Crippen molar-refractivity contribution in [3.63, 3.8) is 0 Å². The van der Waals surface area contributed by atoms with Crippen LogP contribution in [0, 0.1) is 11.7 Å². The number of thiazole rings is 1. The lowest BCUT2D eigenvalue weighted by molar-refractivity contribution is -0.122. The summed E-state index contributed by atoms with van der Waals surface area (Å²) in [5.74, 6) is -1.82. The van der Waals surface area contributed by atoms with Gasteiger partial charge in [-0.3, -0.25) is 14.4 Å². The van der Waals surface area contributed by atoms with Gasteiger partial charge in [-0.1, -0.05) is 41.3 Å². The number of imide groups is 1. The number of nitrogens with zero attached hydrogens (tertiary/aromatic N) is 1. The average molecular weight is 442 g/mol. The van der Waals surface area contributed by atoms with Crippen LogP contribution >= 0.6 is 23.1 Å². The van der Waals surface area contributed by atoms with E-state index in [9.17, 15) is 18.8 Å². The number of aromatic nitrogens is 1. The van der Waals surface area contributed by atoms with Gasteiger partial charge in [0.1, 0.15) is 16.8 Å². The molecule has 1 aromatic heterocycles. The molecule has 0 radical (unpaired) electrons. The number of aromatic amines is 1. The number of hydrogen-bond donors (Lipinski definition) is 1. The number of fused-ring (bicyclic) bond motifs is 2. The fraction of sp³-hybridized carbons (Fsp3) is 0.190. The monoisotopic (exact) mass is 442 g/mol. The number of methoxy groups -OCH3 is 1. The Morgan fingerprint density at radius 2 is 1.77 bits per heavy atom. The topological polar surface area (TPSA) is 79.5 Å². The second kappa shape index (κ2) is 7.10. The molecule has 5 rings (SSSR count). The van der Waals surface area contributed by atoms with E-state index in [1.165, 1.54) is 36.0 Å². The standard InChI is InChI=1S/C21H15FN2O4S2/c1-28-13-5-3-2-4-12(13)14-15-17(29-18-16(14)30-21(27)23-18)20(26)24(19(15)25)11-8-6-10(22)7-9-11/h2-9,14-15,17H,1H3,(H,23,27)/t14-,15?,17?/m1/s1. The Hall–Kier alpha value is -2.91. The van der Waals surface area contributed by atoms with E-state index in [1.807, 2.05) is 18.2 Å². The van der Waals surface area contributed by atoms with Crippen LogP contribution in [0.25, 0.3) is 0 Å². The van der Waals surface area contributed by atoms with Crippen molar-refractivity contribution in [2.75, 3.05) is 12.0 Å². The summed E-state index contributed by atoms with van der Waals surface area (Å²) in [5.41, 5.74) is 1.07. The number of amides is 2. The summed E-state index contributed by atoms with van der Waals surface area (Å²) in [6.07, 6.45) is 0. The van der Waals surface area contributed by atoms with E-state index in [2.05, 4.69) is 4.98 Å². The predicted octanol–water partition coefficient (Wildman–Crippen LogP) is 3.38. The number of para-hydroxylation sites is 1. The number of carbonyl (C=O) groups is 2. The largest absolute Gasteiger partial charge is 0.496 e. The van der Waals surface area contributed by atoms with Crippen molar-refractivity contribution < 1.29 is 18.7 Å². The lowest BCUT2D eigenvalue weighted by Crippen LogP contribution is -2.32. The molecule has 1 saturated heterocycles. The van der Waals surface area contributed by atoms with Crippen LogP contribution in [-0.4, -0.2) is 29.2 Å². The third kappa shape index (κ3) is 2.80. The Morgan fingerprint density at radius 1 is 1.03 bits per heavy atom. The maximum Gasteiger partial charge on any atom is 0.305 e. The first-order chi connectivity index (χ1) is 14.5. The van der Waals surface area contributed by atoms with Gasteiger partial charge in [-0.15, -0.1) is 0 Å². The highest BCUT2D eigenvalue weighted by Gasteiger charge is 2.56. The normalized spacial score (nSPS) is 22.7. The molecule has 2 aromatic carbocycles. The quantitative estimate of drug-likeness (QED) is 0.629. The molecule has 1 fully saturated rings. The van der Waals surface area contributed by atoms with Gasteiger partial charge in [0.25, 0.3) is 0 Å². The molecule has 0 spiro atoms. The second-order valence-corrected chi connectivity index (χ2v) is 9.15. The van der Waals surface area contributed by atoms with Crippen LogP contribution in [-0.2, 0) is 9.59 Å². The first-order valence-electron chi connectivity index (χ1n) is 9.15. The Labute approximate surface area is 178 Å². The number of nitrogens with one attached hydrogen (secondary N) is 1. The molecule has 2 aliphatic heterocycles. The van der Waals surface area contributed by atoms with Crippen LogP contribution in [0.2, 0.25) is 0 Å². The van der Waals surface area contributed by atoms with Gasteiger partial charge in [-0.2, -0.15) is 0 Å². The maximum atomic E-state index is 13.5. The van der Waals surface area contributed by atoms with E-state index < -0.39 is 22.9 Å². The zero-order valence-corrected chi connectivity index (χ0v) is 17.3. The number of rotatable bonds is 3. The molecule has 2 unspecified atom stereocenters. The van der Waals surface area contributed by atoms with Crippen molar-refractivity contribution in [2.45, 2.75) is 16.2 Å². The minimum atomic E-state index is -0.706. The Morgan fingerprint density at radius 3 is 2.50 bits per heavy atom. The molecular weight excluding hydrogens is 427 g/mol. The number of H-pyrrole nitrogens is 1. The number of benzene rings is 2. The fourth-order valence-corrected chi connectivity index (χ4v) is 6.63. The van der Waals surface area contributed by atoms with Crippen molar-refractivity contribution in [1.82, 2.24) is 4.98 Å². The Balaban J connectivity index is 1.67. The number of ether oxygens (including phenoxy) is 1. The van der Waals surface area contributed by atoms with Crippen LogP contribution in [0.3, 0.4) is 0 Å². The molecule has 9 heteroatoms. The van der Waals surface area contributed by atoms with E-state index in [0.29, 0.717) is 16.5 Å². The molecule has 0 bridgehead atoms. The van der Waals surface area contributed by atoms with E-state index in [0.717, 1.165) is 26.7 Å². The van der Waals surface area contributed by atoms with Crippen LogP contribution in [0.5, 0.6) is 5.75 Å². The van der Waals surface area contributed by atoms with Crippen molar-refractivity contribution in [1.29, 1.82) is 0 Å². The smallest absolute Gasteiger partial charge is 0.305 e. The summed E-state index contributed by atoms with van der Waals surface area (Å²) >= 11 is 2.25. The van der Waals surface area contributed by atoms with Crippen LogP contribution in [0.15, 0.2) is 58.4 Å². The lowest BCUT2D eigenvalue weighted by atomic mass is 9.82. The summed E-state index contributed by atoms with van der Waals surface area (Å²) < 4.78 is 18.9. The van der Waals surface area contributed by atoms with Gasteiger partial charge in [0.05, 0.1) is 23.7 Å². The minimum Gasteiger partial charge on any atom is -0.496 e. The van der Waals surface area contributed by atoms with Crippen molar-refractivity contribution in [3.05, 3.63) is 74.5 Å². The highest BCUT2D eigenvalue weighted by Crippen LogP contribution is 2.54. The van der Waals surface area contributed by atoms with Crippen LogP contribution in [0.4, 0.5) is 10.1 Å². The van der Waals surface area contributed by atoms with E-state index >= 15 is 0 Å². The molecule has 0 saturated carbocycles. The van der Waals surface area contributed by atoms with Crippen LogP contribution < -0.4 is 14.5 Å². The van der Waals surface area contributed by atoms with Crippen LogP contribution in [0.1, 0.15) is 16.4 Å². The number of halogens is 1. The van der Waals surface area contributed by atoms with E-state index in [-0.39, 0.29) is 16.7 Å². The zero-order valence-electron chi connectivity index (χ0n) is 15.6. The summed E-state index contributed by atoms with van der Waals surface area (Å²) in [5, 5.41) is -0.0977. The first kappa shape index (κ1) is 19.1. The molecule has 3 atom stereocenters. The summed E-state index contributed by atoms with van der Waals surface area (Å²) in [6.45, 7) is 0. The number of hydrogen-bond acceptors (Lipinski definition) is 6. The van der Waals surface area contributed by atoms with Crippen molar-refractivity contribution in [2.24, 2.45) is 5.92 Å². The third-order valence-corrected chi connectivity index (χ3v) is 7.78. The van der Waals surface area contributed by atoms with Gasteiger partial charge < -0.3 is 9.72 Å². The van der Waals surface area contributed by atoms with Gasteiger partial charge in [-0.25, -0.2) is 9.29 Å². The average Bonchev–Trinajstić information content (AvgIpc) is 3.24. The lowest BCUT2D eigenvalue weighted by Gasteiger charge is -2.30. The molecule has 2 aliphatic rings. The van der Waals surface area contributed by atoms with Gasteiger partial charge >= 0.3 is 4.87 Å². The first-order valence-corrected chi connectivity index (χ1v) is 10.8. The SMILES string of the molecule is COc1ccccc1[C@H]1c2sc(=O)[nH]c2SC2C(=O)N(c3ccc(F)cc3)C(=O)C21. The van der Waals surface area contributed by atoms with Gasteiger partial charge in [0.15, 0.2) is 0 Å². The molecule has 30 heavy (non-hydrogen) atoms. The molecule has 1 N–H and O–H groups in total. The summed E-state index contributed by atoms with van der Waals surface area (Å²) in [7, 11) is 1.54. The molecule has 0 aliphatic carbocycles. The highest BCUT2D eigenvalue weighted by atomic mass is 32.2. The third-order valence-electron chi connectivity index (χ3n) is 5.38. The fourth-order valence-electron chi connectivity index (χ4n) is 4.12. The molecule has 152 valence electrons. The van der Waals surface area contributed by atoms with Gasteiger partial charge in [0, 0.05) is 16.4 Å². The molecular formula is C21H15FN2O4S2. The zero-order chi connectivity index (χ0) is 21.0. The molecule has 2 amide bonds. The molecule has 3 aromatic rings. The minimum absolute atomic E-state index is 0.234.